The normalized spacial score (nSPS) is 16.1. The first kappa shape index (κ1) is 25.4. The van der Waals surface area contributed by atoms with Crippen molar-refractivity contribution in [3.05, 3.63) is 29.7 Å². The van der Waals surface area contributed by atoms with Crippen LogP contribution in [0.1, 0.15) is 72.2 Å². The van der Waals surface area contributed by atoms with Crippen LogP contribution in [0.25, 0.3) is 0 Å². The predicted octanol–water partition coefficient (Wildman–Crippen LogP) is 5.81. The predicted molar refractivity (Wildman–Crippen MR) is 102 cm³/mol. The van der Waals surface area contributed by atoms with Crippen LogP contribution in [0.4, 0.5) is 17.6 Å². The van der Waals surface area contributed by atoms with Crippen LogP contribution in [-0.4, -0.2) is 27.9 Å². The molecule has 0 radical (unpaired) electrons. The van der Waals surface area contributed by atoms with Crippen LogP contribution in [0.15, 0.2) is 18.3 Å². The van der Waals surface area contributed by atoms with Gasteiger partial charge in [-0.3, -0.25) is 4.68 Å². The Balaban J connectivity index is 0.000000488. The van der Waals surface area contributed by atoms with Crippen LogP contribution in [0.3, 0.4) is 0 Å². The number of halogens is 4. The fourth-order valence-electron chi connectivity index (χ4n) is 2.45. The van der Waals surface area contributed by atoms with E-state index in [9.17, 15) is 17.6 Å². The lowest BCUT2D eigenvalue weighted by molar-refractivity contribution is 0.137. The molecule has 1 unspecified atom stereocenters. The maximum Gasteiger partial charge on any atom is 0.282 e. The fourth-order valence-corrected chi connectivity index (χ4v) is 2.45. The van der Waals surface area contributed by atoms with Gasteiger partial charge >= 0.3 is 0 Å². The number of hydrogen-bond donors (Lipinski definition) is 1. The van der Waals surface area contributed by atoms with Crippen LogP contribution < -0.4 is 5.43 Å². The Kier molecular flexibility index (Phi) is 12.0. The third-order valence-corrected chi connectivity index (χ3v) is 3.45. The van der Waals surface area contributed by atoms with Crippen molar-refractivity contribution in [1.29, 1.82) is 0 Å². The summed E-state index contributed by atoms with van der Waals surface area (Å²) in [5.74, 6) is 0.849. The Hall–Kier alpha value is -1.57. The van der Waals surface area contributed by atoms with Gasteiger partial charge < -0.3 is 5.01 Å². The molecular formula is C19H34F4N4. The van der Waals surface area contributed by atoms with E-state index in [0.717, 1.165) is 16.7 Å². The minimum absolute atomic E-state index is 0.0768. The lowest BCUT2D eigenvalue weighted by Gasteiger charge is -2.15. The van der Waals surface area contributed by atoms with Gasteiger partial charge in [-0.15, -0.1) is 0 Å². The number of alkyl halides is 4. The highest BCUT2D eigenvalue weighted by Gasteiger charge is 2.21. The Morgan fingerprint density at radius 3 is 2.00 bits per heavy atom. The molecule has 1 aliphatic heterocycles. The second-order valence-corrected chi connectivity index (χ2v) is 6.99. The van der Waals surface area contributed by atoms with Gasteiger partial charge in [0, 0.05) is 25.8 Å². The number of hydrazine groups is 1. The minimum atomic E-state index is -2.81. The molecule has 0 saturated heterocycles. The molecule has 0 amide bonds. The van der Waals surface area contributed by atoms with Crippen LogP contribution in [0.5, 0.6) is 0 Å². The van der Waals surface area contributed by atoms with Crippen LogP contribution in [0.2, 0.25) is 0 Å². The van der Waals surface area contributed by atoms with E-state index in [-0.39, 0.29) is 12.5 Å². The van der Waals surface area contributed by atoms with Gasteiger partial charge in [-0.2, -0.15) is 5.10 Å². The summed E-state index contributed by atoms with van der Waals surface area (Å²) in [5, 5.41) is 5.46. The maximum atomic E-state index is 12.4. The second kappa shape index (κ2) is 12.8. The lowest BCUT2D eigenvalue weighted by atomic mass is 10.1. The molecule has 0 fully saturated rings. The third kappa shape index (κ3) is 9.79. The number of hydrogen-bond acceptors (Lipinski definition) is 3. The fraction of sp³-hybridized carbons (Fsp3) is 0.737. The zero-order valence-electron chi connectivity index (χ0n) is 17.4. The molecule has 1 aliphatic rings. The average Bonchev–Trinajstić information content (AvgIpc) is 3.15. The molecule has 8 heteroatoms. The van der Waals surface area contributed by atoms with E-state index in [0.29, 0.717) is 6.04 Å². The van der Waals surface area contributed by atoms with E-state index >= 15 is 0 Å². The average molecular weight is 395 g/mol. The summed E-state index contributed by atoms with van der Waals surface area (Å²) in [7, 11) is 2.02. The second-order valence-electron chi connectivity index (χ2n) is 6.99. The third-order valence-electron chi connectivity index (χ3n) is 3.45. The summed E-state index contributed by atoms with van der Waals surface area (Å²) in [6.07, 6.45) is -0.0758. The van der Waals surface area contributed by atoms with Crippen molar-refractivity contribution in [2.75, 3.05) is 7.05 Å². The van der Waals surface area contributed by atoms with Crippen molar-refractivity contribution in [2.24, 2.45) is 11.8 Å². The van der Waals surface area contributed by atoms with Gasteiger partial charge in [-0.25, -0.2) is 23.0 Å². The van der Waals surface area contributed by atoms with Crippen LogP contribution >= 0.6 is 0 Å². The first-order valence-electron chi connectivity index (χ1n) is 9.41. The molecule has 4 nitrogen and oxygen atoms in total. The van der Waals surface area contributed by atoms with Crippen molar-refractivity contribution < 1.29 is 17.6 Å². The standard InChI is InChI=1S/C9H12F4N2.C8H16N2.C2H6/c1-5(2)4-15-7(9(12)13)3-6(14-15)8(10)11;1-7(2)6-8-4-5-10(3)9-8;1-2/h3,5,8-9H,4H2,1-2H3;4-5,7-9H,6H2,1-3H3;1-2H3. The molecule has 2 rings (SSSR count). The zero-order chi connectivity index (χ0) is 21.1. The van der Waals surface area contributed by atoms with Gasteiger partial charge in [-0.05, 0) is 30.4 Å². The highest BCUT2D eigenvalue weighted by atomic mass is 19.3. The van der Waals surface area contributed by atoms with Gasteiger partial charge in [0.15, 0.2) is 0 Å². The minimum Gasteiger partial charge on any atom is -0.318 e. The first-order valence-corrected chi connectivity index (χ1v) is 9.41. The number of nitrogens with zero attached hydrogens (tertiary/aromatic N) is 3. The van der Waals surface area contributed by atoms with Crippen molar-refractivity contribution in [3.8, 4) is 0 Å². The molecule has 0 aromatic carbocycles. The molecule has 0 spiro atoms. The Bertz CT molecular complexity index is 542. The molecule has 0 aliphatic carbocycles. The highest BCUT2D eigenvalue weighted by molar-refractivity contribution is 5.12. The summed E-state index contributed by atoms with van der Waals surface area (Å²) < 4.78 is 50.3. The van der Waals surface area contributed by atoms with E-state index in [2.05, 4.69) is 36.6 Å². The molecule has 158 valence electrons. The summed E-state index contributed by atoms with van der Waals surface area (Å²) in [5.41, 5.74) is 2.27. The van der Waals surface area contributed by atoms with E-state index in [1.807, 2.05) is 25.9 Å². The molecule has 0 bridgehead atoms. The summed E-state index contributed by atoms with van der Waals surface area (Å²) in [6.45, 7) is 12.3. The zero-order valence-corrected chi connectivity index (χ0v) is 17.4. The van der Waals surface area contributed by atoms with Gasteiger partial charge in [0.1, 0.15) is 11.4 Å². The summed E-state index contributed by atoms with van der Waals surface area (Å²) in [4.78, 5) is 0. The molecule has 27 heavy (non-hydrogen) atoms. The van der Waals surface area contributed by atoms with E-state index in [1.54, 1.807) is 13.8 Å². The molecular weight excluding hydrogens is 360 g/mol. The van der Waals surface area contributed by atoms with E-state index in [1.165, 1.54) is 6.42 Å². The van der Waals surface area contributed by atoms with Gasteiger partial charge in [-0.1, -0.05) is 41.5 Å². The van der Waals surface area contributed by atoms with E-state index in [4.69, 9.17) is 0 Å². The molecule has 1 aromatic heterocycles. The van der Waals surface area contributed by atoms with E-state index < -0.39 is 24.2 Å². The topological polar surface area (TPSA) is 33.1 Å². The van der Waals surface area contributed by atoms with Crippen LogP contribution in [-0.2, 0) is 6.54 Å². The first-order chi connectivity index (χ1) is 12.6. The monoisotopic (exact) mass is 394 g/mol. The summed E-state index contributed by atoms with van der Waals surface area (Å²) >= 11 is 0. The molecule has 1 atom stereocenters. The smallest absolute Gasteiger partial charge is 0.282 e. The highest BCUT2D eigenvalue weighted by Crippen LogP contribution is 2.25. The quantitative estimate of drug-likeness (QED) is 0.619. The molecule has 0 saturated carbocycles. The Morgan fingerprint density at radius 1 is 1.04 bits per heavy atom. The largest absolute Gasteiger partial charge is 0.318 e. The van der Waals surface area contributed by atoms with Gasteiger partial charge in [0.2, 0.25) is 0 Å². The Morgan fingerprint density at radius 2 is 1.63 bits per heavy atom. The van der Waals surface area contributed by atoms with Crippen molar-refractivity contribution >= 4 is 0 Å². The molecule has 1 N–H and O–H groups in total. The Labute approximate surface area is 160 Å². The lowest BCUT2D eigenvalue weighted by Crippen LogP contribution is -2.32. The van der Waals surface area contributed by atoms with Crippen molar-refractivity contribution in [3.63, 3.8) is 0 Å². The van der Waals surface area contributed by atoms with Gasteiger partial charge in [0.25, 0.3) is 12.9 Å². The van der Waals surface area contributed by atoms with Crippen molar-refractivity contribution in [1.82, 2.24) is 20.2 Å². The molecule has 2 heterocycles. The number of aromatic nitrogens is 2. The molecule has 1 aromatic rings. The SMILES string of the molecule is CC.CC(C)CC1C=CN(C)N1.CC(C)Cn1nc(C(F)F)cc1C(F)F. The number of rotatable bonds is 6. The van der Waals surface area contributed by atoms with Crippen molar-refractivity contribution in [2.45, 2.75) is 73.4 Å². The number of nitrogens with one attached hydrogen (secondary N) is 1. The summed E-state index contributed by atoms with van der Waals surface area (Å²) in [6, 6.07) is 1.32. The van der Waals surface area contributed by atoms with Crippen LogP contribution in [0, 0.1) is 11.8 Å². The van der Waals surface area contributed by atoms with Gasteiger partial charge in [0.05, 0.1) is 0 Å². The maximum absolute atomic E-state index is 12.4.